The van der Waals surface area contributed by atoms with E-state index in [2.05, 4.69) is 47.9 Å². The van der Waals surface area contributed by atoms with Crippen LogP contribution >= 0.6 is 15.9 Å². The van der Waals surface area contributed by atoms with Crippen LogP contribution in [0.4, 0.5) is 77.5 Å². The number of aryl methyl sites for hydroxylation is 2. The molecule has 0 fully saturated rings. The molecule has 0 bridgehead atoms. The molecule has 27 heteroatoms. The summed E-state index contributed by atoms with van der Waals surface area (Å²) in [7, 11) is 2.22. The molecular weight excluding hydrogens is 1240 g/mol. The van der Waals surface area contributed by atoms with Crippen LogP contribution in [-0.4, -0.2) is 64.1 Å². The molecule has 8 aromatic carbocycles. The van der Waals surface area contributed by atoms with Crippen molar-refractivity contribution in [3.05, 3.63) is 263 Å². The van der Waals surface area contributed by atoms with Gasteiger partial charge < -0.3 is 47.1 Å². The van der Waals surface area contributed by atoms with Gasteiger partial charge in [0.2, 0.25) is 5.91 Å². The molecule has 0 radical (unpaired) electrons. The zero-order valence-corrected chi connectivity index (χ0v) is 48.8. The Labute approximate surface area is 511 Å². The van der Waals surface area contributed by atoms with Crippen molar-refractivity contribution in [3.8, 4) is 0 Å². The van der Waals surface area contributed by atoms with Crippen LogP contribution in [0.3, 0.4) is 0 Å². The third-order valence-corrected chi connectivity index (χ3v) is 12.4. The number of nitro groups is 2. The average Bonchev–Trinajstić information content (AvgIpc) is 2.72. The second-order valence-electron chi connectivity index (χ2n) is 18.2. The van der Waals surface area contributed by atoms with Crippen LogP contribution in [0.2, 0.25) is 0 Å². The van der Waals surface area contributed by atoms with Crippen LogP contribution in [0, 0.1) is 34.1 Å². The summed E-state index contributed by atoms with van der Waals surface area (Å²) in [5.74, 6) is -4.47. The van der Waals surface area contributed by atoms with E-state index in [4.69, 9.17) is 16.6 Å². The standard InChI is InChI=1S/C18H17NO3.C15H11F3N2O4.C14H11F3N2O2.C8H6BrNO4.C7H9N/c1-3-16(20)19-15-9-5-8-14(17(15)18(21)22)11-13-7-4-6-12(2)10-13;1-24-14(21)13-11(6-3-7-12(13)20(22)23)19-10-5-2-4-9(8-10)15(16,17)18;15-14(16,17)8-3-1-4-9(7-8)19-11-6-2-5-10(18)12(11)13(20)21;1-14-8(11)7-5(9)3-2-4-6(7)10(12)13;1-6-3-2-4-7(8)5-6/h3-10H,1,11H2,2H3,(H,19,20)(H,21,22);2-8,19H,1H3;1-7,19H,18H2,(H,20,21);2-4H,1H3;2-5H,8H2,1H3. The Balaban J connectivity index is 0.000000246. The summed E-state index contributed by atoms with van der Waals surface area (Å²) in [6.45, 7) is 7.38. The van der Waals surface area contributed by atoms with Gasteiger partial charge in [-0.05, 0) is 138 Å². The number of carbonyl (C=O) groups excluding carboxylic acids is 3. The number of nitro benzene ring substituents is 2. The van der Waals surface area contributed by atoms with Crippen molar-refractivity contribution in [2.75, 3.05) is 41.6 Å². The minimum atomic E-state index is -4.54. The van der Waals surface area contributed by atoms with Crippen molar-refractivity contribution in [3.63, 3.8) is 0 Å². The second-order valence-corrected chi connectivity index (χ2v) is 19.1. The SMILES string of the molecule is C=CC(=O)Nc1cccc(Cc2cccc(C)c2)c1C(=O)O.COC(=O)c1c(Br)cccc1[N+](=O)[O-].COC(=O)c1c(Nc2cccc(C(F)(F)F)c2)cccc1[N+](=O)[O-].Cc1cccc(N)c1.Nc1cccc(Nc2cccc(C(F)(F)F)c2)c1C(=O)O. The van der Waals surface area contributed by atoms with E-state index in [1.54, 1.807) is 24.3 Å². The maximum atomic E-state index is 12.7. The number of aromatic carboxylic acids is 2. The summed E-state index contributed by atoms with van der Waals surface area (Å²) < 4.78 is 85.5. The highest BCUT2D eigenvalue weighted by Crippen LogP contribution is 2.36. The van der Waals surface area contributed by atoms with E-state index in [1.165, 1.54) is 79.4 Å². The van der Waals surface area contributed by atoms with Crippen molar-refractivity contribution < 1.29 is 79.8 Å². The van der Waals surface area contributed by atoms with Gasteiger partial charge in [-0.3, -0.25) is 25.0 Å². The molecule has 0 aliphatic rings. The third kappa shape index (κ3) is 21.1. The van der Waals surface area contributed by atoms with E-state index in [0.717, 1.165) is 60.3 Å². The first-order valence-electron chi connectivity index (χ1n) is 25.4. The van der Waals surface area contributed by atoms with Gasteiger partial charge in [-0.25, -0.2) is 19.2 Å². The summed E-state index contributed by atoms with van der Waals surface area (Å²) in [6.07, 6.45) is -7.41. The quantitative estimate of drug-likeness (QED) is 0.0133. The molecule has 0 aliphatic carbocycles. The van der Waals surface area contributed by atoms with Gasteiger partial charge in [0, 0.05) is 39.4 Å². The van der Waals surface area contributed by atoms with Gasteiger partial charge >= 0.3 is 36.2 Å². The molecule has 9 N–H and O–H groups in total. The van der Waals surface area contributed by atoms with Gasteiger partial charge in [0.1, 0.15) is 5.56 Å². The lowest BCUT2D eigenvalue weighted by molar-refractivity contribution is -0.385. The van der Waals surface area contributed by atoms with E-state index in [0.29, 0.717) is 16.5 Å². The van der Waals surface area contributed by atoms with Crippen LogP contribution in [-0.2, 0) is 33.0 Å². The number of hydrogen-bond donors (Lipinski definition) is 7. The van der Waals surface area contributed by atoms with Gasteiger partial charge in [0.15, 0.2) is 11.1 Å². The highest BCUT2D eigenvalue weighted by molar-refractivity contribution is 9.10. The van der Waals surface area contributed by atoms with Gasteiger partial charge in [-0.1, -0.05) is 91.0 Å². The predicted octanol–water partition coefficient (Wildman–Crippen LogP) is 15.0. The molecule has 0 aliphatic heterocycles. The Hall–Kier alpha value is -11.1. The number of carboxylic acids is 2. The molecule has 1 amide bonds. The molecule has 8 aromatic rings. The summed E-state index contributed by atoms with van der Waals surface area (Å²) >= 11 is 3.05. The number of amides is 1. The van der Waals surface area contributed by atoms with Crippen LogP contribution in [0.25, 0.3) is 0 Å². The first-order chi connectivity index (χ1) is 41.9. The van der Waals surface area contributed by atoms with E-state index in [-0.39, 0.29) is 62.1 Å². The smallest absolute Gasteiger partial charge is 0.416 e. The molecule has 8 rings (SSSR count). The summed E-state index contributed by atoms with van der Waals surface area (Å²) in [5.41, 5.74) is 13.4. The number of rotatable bonds is 14. The van der Waals surface area contributed by atoms with Gasteiger partial charge in [0.25, 0.3) is 11.4 Å². The number of methoxy groups -OCH3 is 2. The number of nitrogens with two attached hydrogens (primary N) is 2. The first kappa shape index (κ1) is 70.4. The van der Waals surface area contributed by atoms with Gasteiger partial charge in [-0.2, -0.15) is 26.3 Å². The molecular formula is C62H54BrF6N7O13. The van der Waals surface area contributed by atoms with Crippen molar-refractivity contribution in [1.29, 1.82) is 0 Å². The third-order valence-electron chi connectivity index (χ3n) is 11.8. The number of benzene rings is 8. The Morgan fingerprint density at radius 1 is 0.573 bits per heavy atom. The molecule has 0 unspecified atom stereocenters. The zero-order chi connectivity index (χ0) is 66.3. The van der Waals surface area contributed by atoms with Crippen LogP contribution < -0.4 is 27.4 Å². The Morgan fingerprint density at radius 3 is 1.47 bits per heavy atom. The lowest BCUT2D eigenvalue weighted by Gasteiger charge is -2.13. The van der Waals surface area contributed by atoms with Crippen molar-refractivity contribution in [2.45, 2.75) is 32.6 Å². The molecule has 0 saturated carbocycles. The van der Waals surface area contributed by atoms with Crippen molar-refractivity contribution in [2.24, 2.45) is 0 Å². The number of hydrogen-bond acceptors (Lipinski definition) is 15. The molecule has 89 heavy (non-hydrogen) atoms. The minimum Gasteiger partial charge on any atom is -0.478 e. The van der Waals surface area contributed by atoms with E-state index >= 15 is 0 Å². The average molecular weight is 1300 g/mol. The molecule has 0 aromatic heterocycles. The number of nitrogens with zero attached hydrogens (tertiary/aromatic N) is 2. The monoisotopic (exact) mass is 1300 g/mol. The predicted molar refractivity (Wildman–Crippen MR) is 326 cm³/mol. The lowest BCUT2D eigenvalue weighted by Crippen LogP contribution is -2.13. The lowest BCUT2D eigenvalue weighted by atomic mass is 9.97. The van der Waals surface area contributed by atoms with Gasteiger partial charge in [-0.15, -0.1) is 0 Å². The summed E-state index contributed by atoms with van der Waals surface area (Å²) in [4.78, 5) is 77.5. The number of alkyl halides is 6. The molecule has 0 spiro atoms. The maximum Gasteiger partial charge on any atom is 0.416 e. The number of carboxylic acid groups (broad SMARTS) is 2. The normalized spacial score (nSPS) is 10.4. The van der Waals surface area contributed by atoms with Gasteiger partial charge in [0.05, 0.1) is 57.8 Å². The summed E-state index contributed by atoms with van der Waals surface area (Å²) in [5, 5.41) is 48.0. The highest BCUT2D eigenvalue weighted by Gasteiger charge is 2.32. The fourth-order valence-electron chi connectivity index (χ4n) is 7.85. The fourth-order valence-corrected chi connectivity index (χ4v) is 8.37. The molecule has 464 valence electrons. The molecule has 0 saturated heterocycles. The number of esters is 2. The number of nitrogens with one attached hydrogen (secondary N) is 3. The largest absolute Gasteiger partial charge is 0.478 e. The first-order valence-corrected chi connectivity index (χ1v) is 26.2. The number of ether oxygens (including phenoxy) is 2. The van der Waals surface area contributed by atoms with Crippen molar-refractivity contribution in [1.82, 2.24) is 0 Å². The molecule has 0 atom stereocenters. The number of anilines is 7. The maximum absolute atomic E-state index is 12.7. The van der Waals surface area contributed by atoms with Crippen molar-refractivity contribution >= 4 is 96.9 Å². The van der Waals surface area contributed by atoms with Crippen LogP contribution in [0.5, 0.6) is 0 Å². The number of nitrogen functional groups attached to an aromatic ring is 2. The molecule has 0 heterocycles. The van der Waals surface area contributed by atoms with Crippen LogP contribution in [0.15, 0.2) is 187 Å². The fraction of sp³-hybridized carbons (Fsp3) is 0.113. The zero-order valence-electron chi connectivity index (χ0n) is 47.2. The van der Waals surface area contributed by atoms with E-state index in [1.807, 2.05) is 62.4 Å². The molecule has 20 nitrogen and oxygen atoms in total. The van der Waals surface area contributed by atoms with E-state index in [9.17, 15) is 75.7 Å². The minimum absolute atomic E-state index is 0.0236. The highest BCUT2D eigenvalue weighted by atomic mass is 79.9. The Morgan fingerprint density at radius 2 is 1.01 bits per heavy atom. The van der Waals surface area contributed by atoms with E-state index < -0.39 is 68.8 Å². The number of halogens is 7. The Kier molecular flexibility index (Phi) is 25.6. The number of carbonyl (C=O) groups is 5. The Bertz CT molecular complexity index is 3890. The topological polar surface area (TPSA) is 319 Å². The van der Waals surface area contributed by atoms with Crippen LogP contribution in [0.1, 0.15) is 74.8 Å². The summed E-state index contributed by atoms with van der Waals surface area (Å²) in [6, 6.07) is 41.8. The second kappa shape index (κ2) is 32.4.